The Labute approximate surface area is 65.2 Å². The van der Waals surface area contributed by atoms with Crippen LogP contribution in [0.25, 0.3) is 0 Å². The van der Waals surface area contributed by atoms with Crippen molar-refractivity contribution >= 4 is 11.5 Å². The molecule has 0 bridgehead atoms. The predicted octanol–water partition coefficient (Wildman–Crippen LogP) is 0.269. The highest BCUT2D eigenvalue weighted by molar-refractivity contribution is 7.87. The van der Waals surface area contributed by atoms with Crippen LogP contribution in [-0.4, -0.2) is 28.0 Å². The molecule has 1 rings (SSSR count). The summed E-state index contributed by atoms with van der Waals surface area (Å²) >= 11 is -0.925. The van der Waals surface area contributed by atoms with Gasteiger partial charge in [-0.15, -0.1) is 9.03 Å². The molecule has 1 heterocycles. The lowest BCUT2D eigenvalue weighted by molar-refractivity contribution is 0.303. The Morgan fingerprint density at radius 3 is 2.40 bits per heavy atom. The van der Waals surface area contributed by atoms with Gasteiger partial charge in [-0.3, -0.25) is 0 Å². The first-order valence-corrected chi connectivity index (χ1v) is 4.74. The number of hydrogen-bond donors (Lipinski definition) is 1. The summed E-state index contributed by atoms with van der Waals surface area (Å²) in [6.45, 7) is 5.95. The lowest BCUT2D eigenvalue weighted by atomic mass is 10.3. The highest BCUT2D eigenvalue weighted by Crippen LogP contribution is 2.10. The van der Waals surface area contributed by atoms with E-state index in [1.54, 1.807) is 0 Å². The molecule has 0 amide bonds. The van der Waals surface area contributed by atoms with Gasteiger partial charge in [-0.05, 0) is 20.3 Å². The molecular formula is C6H14N2OS. The van der Waals surface area contributed by atoms with Crippen LogP contribution in [0.2, 0.25) is 0 Å². The fourth-order valence-electron chi connectivity index (χ4n) is 0.729. The quantitative estimate of drug-likeness (QED) is 0.605. The summed E-state index contributed by atoms with van der Waals surface area (Å²) in [5.41, 5.74) is 0. The maximum atomic E-state index is 11.2. The molecule has 1 N–H and O–H groups in total. The second kappa shape index (κ2) is 3.57. The molecule has 0 aliphatic carbocycles. The first-order chi connectivity index (χ1) is 4.70. The minimum absolute atomic E-state index is 0.307. The SMILES string of the molecule is CC(C)N[S+]([O-])N1CCC1. The predicted molar refractivity (Wildman–Crippen MR) is 42.6 cm³/mol. The molecule has 0 spiro atoms. The molecule has 1 saturated heterocycles. The second-order valence-corrected chi connectivity index (χ2v) is 4.05. The Bertz CT molecular complexity index is 106. The van der Waals surface area contributed by atoms with Crippen LogP contribution >= 0.6 is 0 Å². The van der Waals surface area contributed by atoms with Crippen molar-refractivity contribution in [3.8, 4) is 0 Å². The van der Waals surface area contributed by atoms with Gasteiger partial charge in [-0.2, -0.15) is 0 Å². The van der Waals surface area contributed by atoms with Crippen molar-refractivity contribution in [2.24, 2.45) is 0 Å². The lowest BCUT2D eigenvalue weighted by Gasteiger charge is -2.30. The highest BCUT2D eigenvalue weighted by Gasteiger charge is 2.26. The fourth-order valence-corrected chi connectivity index (χ4v) is 1.87. The molecule has 10 heavy (non-hydrogen) atoms. The molecule has 0 aromatic heterocycles. The van der Waals surface area contributed by atoms with Crippen molar-refractivity contribution < 1.29 is 4.55 Å². The van der Waals surface area contributed by atoms with Crippen LogP contribution in [0.4, 0.5) is 0 Å². The van der Waals surface area contributed by atoms with Gasteiger partial charge in [0.15, 0.2) is 0 Å². The largest absolute Gasteiger partial charge is 0.579 e. The van der Waals surface area contributed by atoms with Gasteiger partial charge in [0, 0.05) is 19.1 Å². The molecule has 4 heteroatoms. The van der Waals surface area contributed by atoms with Gasteiger partial charge in [0.1, 0.15) is 11.5 Å². The van der Waals surface area contributed by atoms with E-state index < -0.39 is 11.5 Å². The van der Waals surface area contributed by atoms with Crippen LogP contribution < -0.4 is 4.72 Å². The molecule has 0 aromatic rings. The summed E-state index contributed by atoms with van der Waals surface area (Å²) in [5.74, 6) is 0. The molecule has 3 nitrogen and oxygen atoms in total. The lowest BCUT2D eigenvalue weighted by Crippen LogP contribution is -2.49. The summed E-state index contributed by atoms with van der Waals surface area (Å²) in [4.78, 5) is 0. The van der Waals surface area contributed by atoms with E-state index in [1.807, 2.05) is 18.2 Å². The smallest absolute Gasteiger partial charge is 0.137 e. The summed E-state index contributed by atoms with van der Waals surface area (Å²) < 4.78 is 16.0. The highest BCUT2D eigenvalue weighted by atomic mass is 32.2. The molecular weight excluding hydrogens is 148 g/mol. The zero-order valence-electron chi connectivity index (χ0n) is 6.46. The summed E-state index contributed by atoms with van der Waals surface area (Å²) in [7, 11) is 0. The van der Waals surface area contributed by atoms with Gasteiger partial charge in [-0.1, -0.05) is 0 Å². The maximum Gasteiger partial charge on any atom is 0.137 e. The van der Waals surface area contributed by atoms with Gasteiger partial charge >= 0.3 is 0 Å². The number of nitrogens with one attached hydrogen (secondary N) is 1. The van der Waals surface area contributed by atoms with Crippen molar-refractivity contribution in [2.75, 3.05) is 13.1 Å². The van der Waals surface area contributed by atoms with Crippen LogP contribution in [0.1, 0.15) is 20.3 Å². The van der Waals surface area contributed by atoms with Crippen LogP contribution in [0, 0.1) is 0 Å². The Morgan fingerprint density at radius 2 is 2.10 bits per heavy atom. The van der Waals surface area contributed by atoms with Crippen LogP contribution in [-0.2, 0) is 11.5 Å². The van der Waals surface area contributed by atoms with E-state index in [2.05, 4.69) is 4.72 Å². The van der Waals surface area contributed by atoms with Crippen molar-refractivity contribution in [3.05, 3.63) is 0 Å². The fraction of sp³-hybridized carbons (Fsp3) is 1.00. The van der Waals surface area contributed by atoms with Crippen LogP contribution in [0.3, 0.4) is 0 Å². The van der Waals surface area contributed by atoms with Crippen molar-refractivity contribution in [1.82, 2.24) is 9.03 Å². The maximum absolute atomic E-state index is 11.2. The molecule has 1 unspecified atom stereocenters. The van der Waals surface area contributed by atoms with Gasteiger partial charge in [-0.25, -0.2) is 0 Å². The average molecular weight is 162 g/mol. The first-order valence-electron chi connectivity index (χ1n) is 3.63. The standard InChI is InChI=1S/C6H14N2OS/c1-6(2)7-10(9)8-4-3-5-8/h6-7H,3-5H2,1-2H3. The third-order valence-electron chi connectivity index (χ3n) is 1.39. The van der Waals surface area contributed by atoms with Gasteiger partial charge < -0.3 is 4.55 Å². The Morgan fingerprint density at radius 1 is 1.50 bits per heavy atom. The first kappa shape index (κ1) is 8.33. The van der Waals surface area contributed by atoms with Crippen molar-refractivity contribution in [2.45, 2.75) is 26.3 Å². The number of nitrogens with zero attached hydrogens (tertiary/aromatic N) is 1. The van der Waals surface area contributed by atoms with E-state index in [4.69, 9.17) is 0 Å². The Hall–Kier alpha value is 0.230. The minimum atomic E-state index is -0.925. The monoisotopic (exact) mass is 162 g/mol. The van der Waals surface area contributed by atoms with Crippen LogP contribution in [0.5, 0.6) is 0 Å². The Kier molecular flexibility index (Phi) is 2.97. The summed E-state index contributed by atoms with van der Waals surface area (Å²) in [6.07, 6.45) is 1.19. The van der Waals surface area contributed by atoms with Gasteiger partial charge in [0.25, 0.3) is 0 Å². The van der Waals surface area contributed by atoms with Crippen molar-refractivity contribution in [1.29, 1.82) is 0 Å². The zero-order chi connectivity index (χ0) is 7.56. The zero-order valence-corrected chi connectivity index (χ0v) is 7.28. The number of rotatable bonds is 3. The van der Waals surface area contributed by atoms with Crippen molar-refractivity contribution in [3.63, 3.8) is 0 Å². The third kappa shape index (κ3) is 2.12. The molecule has 0 saturated carbocycles. The van der Waals surface area contributed by atoms with E-state index in [0.29, 0.717) is 6.04 Å². The molecule has 1 aliphatic rings. The average Bonchev–Trinajstić information content (AvgIpc) is 1.55. The molecule has 1 aliphatic heterocycles. The third-order valence-corrected chi connectivity index (χ3v) is 2.89. The Balaban J connectivity index is 2.13. The normalized spacial score (nSPS) is 22.8. The summed E-state index contributed by atoms with van der Waals surface area (Å²) in [5, 5.41) is 0. The molecule has 0 aromatic carbocycles. The van der Waals surface area contributed by atoms with Gasteiger partial charge in [0.05, 0.1) is 0 Å². The van der Waals surface area contributed by atoms with Crippen LogP contribution in [0.15, 0.2) is 0 Å². The molecule has 60 valence electrons. The van der Waals surface area contributed by atoms with E-state index >= 15 is 0 Å². The van der Waals surface area contributed by atoms with E-state index in [1.165, 1.54) is 6.42 Å². The van der Waals surface area contributed by atoms with E-state index in [-0.39, 0.29) is 0 Å². The number of hydrogen-bond acceptors (Lipinski definition) is 3. The topological polar surface area (TPSA) is 38.3 Å². The summed E-state index contributed by atoms with van der Waals surface area (Å²) in [6, 6.07) is 0.307. The second-order valence-electron chi connectivity index (χ2n) is 2.80. The molecule has 1 atom stereocenters. The molecule has 0 radical (unpaired) electrons. The minimum Gasteiger partial charge on any atom is -0.579 e. The van der Waals surface area contributed by atoms with E-state index in [9.17, 15) is 4.55 Å². The molecule has 1 fully saturated rings. The van der Waals surface area contributed by atoms with E-state index in [0.717, 1.165) is 13.1 Å². The van der Waals surface area contributed by atoms with Gasteiger partial charge in [0.2, 0.25) is 0 Å².